The molecule has 3 heteroatoms. The lowest BCUT2D eigenvalue weighted by Gasteiger charge is -2.32. The molecule has 0 aliphatic heterocycles. The van der Waals surface area contributed by atoms with Crippen molar-refractivity contribution in [3.8, 4) is 0 Å². The van der Waals surface area contributed by atoms with Crippen LogP contribution in [0.5, 0.6) is 0 Å². The average Bonchev–Trinajstić information content (AvgIpc) is 2.17. The quantitative estimate of drug-likeness (QED) is 0.555. The highest BCUT2D eigenvalue weighted by atomic mass is 16.5. The second-order valence-electron chi connectivity index (χ2n) is 4.06. The smallest absolute Gasteiger partial charge is 0.333 e. The van der Waals surface area contributed by atoms with Crippen molar-refractivity contribution >= 4 is 5.97 Å². The first-order chi connectivity index (χ1) is 6.57. The highest BCUT2D eigenvalue weighted by Crippen LogP contribution is 2.32. The van der Waals surface area contributed by atoms with Gasteiger partial charge in [0.1, 0.15) is 0 Å². The molecule has 3 nitrogen and oxygen atoms in total. The van der Waals surface area contributed by atoms with E-state index in [-0.39, 0.29) is 0 Å². The summed E-state index contributed by atoms with van der Waals surface area (Å²) < 4.78 is 4.55. The summed E-state index contributed by atoms with van der Waals surface area (Å²) in [5.74, 6) is -0.413. The zero-order valence-corrected chi connectivity index (χ0v) is 8.71. The molecule has 0 saturated heterocycles. The second kappa shape index (κ2) is 4.60. The summed E-state index contributed by atoms with van der Waals surface area (Å²) in [6.45, 7) is 3.63. The van der Waals surface area contributed by atoms with Gasteiger partial charge in [0.15, 0.2) is 0 Å². The molecule has 0 aromatic rings. The van der Waals surface area contributed by atoms with E-state index in [0.29, 0.717) is 12.0 Å². The second-order valence-corrected chi connectivity index (χ2v) is 4.06. The fourth-order valence-electron chi connectivity index (χ4n) is 2.00. The Morgan fingerprint density at radius 2 is 2.00 bits per heavy atom. The minimum atomic E-state index is -0.719. The molecule has 1 aliphatic rings. The van der Waals surface area contributed by atoms with Crippen LogP contribution in [0.25, 0.3) is 0 Å². The summed E-state index contributed by atoms with van der Waals surface area (Å²) in [6.07, 6.45) is 5.12. The van der Waals surface area contributed by atoms with E-state index < -0.39 is 11.6 Å². The summed E-state index contributed by atoms with van der Waals surface area (Å²) in [4.78, 5) is 11.1. The Balaban J connectivity index is 2.49. The van der Waals surface area contributed by atoms with E-state index >= 15 is 0 Å². The summed E-state index contributed by atoms with van der Waals surface area (Å²) in [6, 6.07) is 0. The van der Waals surface area contributed by atoms with Crippen LogP contribution in [-0.2, 0) is 9.53 Å². The minimum Gasteiger partial charge on any atom is -0.466 e. The van der Waals surface area contributed by atoms with Crippen LogP contribution in [0.3, 0.4) is 0 Å². The van der Waals surface area contributed by atoms with E-state index in [4.69, 9.17) is 0 Å². The van der Waals surface area contributed by atoms with Crippen LogP contribution < -0.4 is 0 Å². The SMILES string of the molecule is C=C(CC1(O)CCCCC1)C(=O)OC. The highest BCUT2D eigenvalue weighted by Gasteiger charge is 2.31. The zero-order chi connectivity index (χ0) is 10.6. The van der Waals surface area contributed by atoms with Crippen molar-refractivity contribution in [1.82, 2.24) is 0 Å². The van der Waals surface area contributed by atoms with Gasteiger partial charge in [-0.15, -0.1) is 0 Å². The van der Waals surface area contributed by atoms with Gasteiger partial charge in [0, 0.05) is 12.0 Å². The molecule has 0 unspecified atom stereocenters. The number of carbonyl (C=O) groups is 1. The van der Waals surface area contributed by atoms with Gasteiger partial charge in [-0.2, -0.15) is 0 Å². The first-order valence-electron chi connectivity index (χ1n) is 5.06. The molecule has 80 valence electrons. The predicted octanol–water partition coefficient (Wildman–Crippen LogP) is 1.80. The Morgan fingerprint density at radius 3 is 2.50 bits per heavy atom. The maximum absolute atomic E-state index is 11.1. The van der Waals surface area contributed by atoms with E-state index in [0.717, 1.165) is 25.7 Å². The maximum Gasteiger partial charge on any atom is 0.333 e. The third kappa shape index (κ3) is 2.84. The Bertz CT molecular complexity index is 227. The number of methoxy groups -OCH3 is 1. The molecule has 1 fully saturated rings. The van der Waals surface area contributed by atoms with Crippen molar-refractivity contribution in [3.63, 3.8) is 0 Å². The van der Waals surface area contributed by atoms with Crippen LogP contribution in [0, 0.1) is 0 Å². The van der Waals surface area contributed by atoms with Gasteiger partial charge in [0.2, 0.25) is 0 Å². The van der Waals surface area contributed by atoms with E-state index in [2.05, 4.69) is 11.3 Å². The first-order valence-corrected chi connectivity index (χ1v) is 5.06. The third-order valence-electron chi connectivity index (χ3n) is 2.80. The van der Waals surface area contributed by atoms with Gasteiger partial charge in [-0.05, 0) is 12.8 Å². The van der Waals surface area contributed by atoms with Crippen LogP contribution in [0.1, 0.15) is 38.5 Å². The molecule has 1 saturated carbocycles. The normalized spacial score (nSPS) is 20.1. The lowest BCUT2D eigenvalue weighted by molar-refractivity contribution is -0.137. The molecule has 0 aromatic carbocycles. The maximum atomic E-state index is 11.1. The first kappa shape index (κ1) is 11.2. The van der Waals surface area contributed by atoms with Gasteiger partial charge < -0.3 is 9.84 Å². The van der Waals surface area contributed by atoms with Crippen molar-refractivity contribution in [2.45, 2.75) is 44.1 Å². The van der Waals surface area contributed by atoms with Gasteiger partial charge in [0.25, 0.3) is 0 Å². The monoisotopic (exact) mass is 198 g/mol. The largest absolute Gasteiger partial charge is 0.466 e. The van der Waals surface area contributed by atoms with Crippen molar-refractivity contribution in [1.29, 1.82) is 0 Å². The Kier molecular flexibility index (Phi) is 3.69. The molecule has 0 aromatic heterocycles. The van der Waals surface area contributed by atoms with Gasteiger partial charge in [-0.3, -0.25) is 0 Å². The number of rotatable bonds is 3. The molecule has 1 N–H and O–H groups in total. The van der Waals surface area contributed by atoms with Crippen LogP contribution in [-0.4, -0.2) is 23.8 Å². The molecular weight excluding hydrogens is 180 g/mol. The van der Waals surface area contributed by atoms with E-state index in [1.54, 1.807) is 0 Å². The fourth-order valence-corrected chi connectivity index (χ4v) is 2.00. The van der Waals surface area contributed by atoms with Crippen molar-refractivity contribution < 1.29 is 14.6 Å². The van der Waals surface area contributed by atoms with Gasteiger partial charge in [0.05, 0.1) is 12.7 Å². The molecule has 1 rings (SSSR count). The molecule has 1 aliphatic carbocycles. The third-order valence-corrected chi connectivity index (χ3v) is 2.80. The number of aliphatic hydroxyl groups is 1. The van der Waals surface area contributed by atoms with Crippen LogP contribution in [0.2, 0.25) is 0 Å². The molecule has 0 radical (unpaired) electrons. The van der Waals surface area contributed by atoms with Crippen molar-refractivity contribution in [2.75, 3.05) is 7.11 Å². The fraction of sp³-hybridized carbons (Fsp3) is 0.727. The number of hydrogen-bond acceptors (Lipinski definition) is 3. The standard InChI is InChI=1S/C11H18O3/c1-9(10(12)14-2)8-11(13)6-4-3-5-7-11/h13H,1,3-8H2,2H3. The molecular formula is C11H18O3. The predicted molar refractivity (Wildman–Crippen MR) is 53.8 cm³/mol. The lowest BCUT2D eigenvalue weighted by atomic mass is 9.81. The van der Waals surface area contributed by atoms with Crippen LogP contribution >= 0.6 is 0 Å². The number of hydrogen-bond donors (Lipinski definition) is 1. The van der Waals surface area contributed by atoms with E-state index in [1.807, 2.05) is 0 Å². The Labute approximate surface area is 84.8 Å². The Morgan fingerprint density at radius 1 is 1.43 bits per heavy atom. The molecule has 14 heavy (non-hydrogen) atoms. The highest BCUT2D eigenvalue weighted by molar-refractivity contribution is 5.87. The summed E-state index contributed by atoms with van der Waals surface area (Å²) in [5, 5.41) is 10.1. The lowest BCUT2D eigenvalue weighted by Crippen LogP contribution is -2.32. The van der Waals surface area contributed by atoms with Gasteiger partial charge in [-0.1, -0.05) is 25.8 Å². The van der Waals surface area contributed by atoms with Crippen LogP contribution in [0.4, 0.5) is 0 Å². The van der Waals surface area contributed by atoms with Crippen molar-refractivity contribution in [2.24, 2.45) is 0 Å². The van der Waals surface area contributed by atoms with E-state index in [1.165, 1.54) is 13.5 Å². The van der Waals surface area contributed by atoms with Gasteiger partial charge >= 0.3 is 5.97 Å². The van der Waals surface area contributed by atoms with E-state index in [9.17, 15) is 9.90 Å². The van der Waals surface area contributed by atoms with Crippen LogP contribution in [0.15, 0.2) is 12.2 Å². The summed E-state index contributed by atoms with van der Waals surface area (Å²) in [7, 11) is 1.33. The number of carbonyl (C=O) groups excluding carboxylic acids is 1. The van der Waals surface area contributed by atoms with Crippen molar-refractivity contribution in [3.05, 3.63) is 12.2 Å². The number of ether oxygens (including phenoxy) is 1. The molecule has 0 atom stereocenters. The topological polar surface area (TPSA) is 46.5 Å². The molecule has 0 amide bonds. The molecule has 0 bridgehead atoms. The molecule has 0 heterocycles. The molecule has 0 spiro atoms. The summed E-state index contributed by atoms with van der Waals surface area (Å²) in [5.41, 5.74) is -0.347. The minimum absolute atomic E-state index is 0.347. The summed E-state index contributed by atoms with van der Waals surface area (Å²) >= 11 is 0. The zero-order valence-electron chi connectivity index (χ0n) is 8.71. The number of esters is 1. The average molecular weight is 198 g/mol. The Hall–Kier alpha value is -0.830. The van der Waals surface area contributed by atoms with Gasteiger partial charge in [-0.25, -0.2) is 4.79 Å².